The highest BCUT2D eigenvalue weighted by Gasteiger charge is 2.43. The summed E-state index contributed by atoms with van der Waals surface area (Å²) in [4.78, 5) is 11.4. The summed E-state index contributed by atoms with van der Waals surface area (Å²) in [7, 11) is 0. The van der Waals surface area contributed by atoms with Gasteiger partial charge in [0.2, 0.25) is 0 Å². The number of hydrogen-bond acceptors (Lipinski definition) is 1. The average molecular weight is 222 g/mol. The van der Waals surface area contributed by atoms with Gasteiger partial charge in [-0.05, 0) is 37.0 Å². The third kappa shape index (κ3) is 1.60. The van der Waals surface area contributed by atoms with Gasteiger partial charge in [0.15, 0.2) is 0 Å². The highest BCUT2D eigenvalue weighted by Crippen LogP contribution is 2.41. The van der Waals surface area contributed by atoms with Gasteiger partial charge in [-0.1, -0.05) is 25.0 Å². The first-order valence-corrected chi connectivity index (χ1v) is 5.56. The normalized spacial score (nSPS) is 18.6. The molecule has 2 rings (SSSR count). The SMILES string of the molecule is Cc1ccc(C2(C(=O)O)CCCC2)cc1F. The Bertz CT molecular complexity index is 420. The number of hydrogen-bond donors (Lipinski definition) is 1. The maximum Gasteiger partial charge on any atom is 0.314 e. The van der Waals surface area contributed by atoms with Crippen molar-refractivity contribution in [1.82, 2.24) is 0 Å². The van der Waals surface area contributed by atoms with Gasteiger partial charge in [0.05, 0.1) is 5.41 Å². The van der Waals surface area contributed by atoms with Gasteiger partial charge >= 0.3 is 5.97 Å². The zero-order valence-electron chi connectivity index (χ0n) is 9.29. The Morgan fingerprint density at radius 3 is 2.50 bits per heavy atom. The first-order chi connectivity index (χ1) is 7.56. The van der Waals surface area contributed by atoms with Gasteiger partial charge in [0.1, 0.15) is 5.82 Å². The van der Waals surface area contributed by atoms with E-state index in [4.69, 9.17) is 0 Å². The summed E-state index contributed by atoms with van der Waals surface area (Å²) in [6.07, 6.45) is 3.04. The largest absolute Gasteiger partial charge is 0.481 e. The molecule has 0 radical (unpaired) electrons. The van der Waals surface area contributed by atoms with E-state index in [1.807, 2.05) is 0 Å². The van der Waals surface area contributed by atoms with Gasteiger partial charge in [0.25, 0.3) is 0 Å². The van der Waals surface area contributed by atoms with Crippen LogP contribution in [0.2, 0.25) is 0 Å². The average Bonchev–Trinajstić information content (AvgIpc) is 2.72. The molecule has 1 aliphatic carbocycles. The van der Waals surface area contributed by atoms with E-state index in [-0.39, 0.29) is 5.82 Å². The lowest BCUT2D eigenvalue weighted by Crippen LogP contribution is -2.32. The maximum absolute atomic E-state index is 13.5. The Hall–Kier alpha value is -1.38. The maximum atomic E-state index is 13.5. The number of halogens is 1. The minimum atomic E-state index is -0.853. The molecule has 1 saturated carbocycles. The van der Waals surface area contributed by atoms with Crippen molar-refractivity contribution in [3.8, 4) is 0 Å². The minimum Gasteiger partial charge on any atom is -0.481 e. The summed E-state index contributed by atoms with van der Waals surface area (Å²) in [5.74, 6) is -1.14. The van der Waals surface area contributed by atoms with E-state index in [0.29, 0.717) is 24.0 Å². The molecule has 0 bridgehead atoms. The van der Waals surface area contributed by atoms with Crippen molar-refractivity contribution in [2.45, 2.75) is 38.0 Å². The first-order valence-electron chi connectivity index (χ1n) is 5.56. The van der Waals surface area contributed by atoms with Gasteiger partial charge in [-0.25, -0.2) is 4.39 Å². The molecule has 2 nitrogen and oxygen atoms in total. The minimum absolute atomic E-state index is 0.315. The summed E-state index contributed by atoms with van der Waals surface area (Å²) in [5, 5.41) is 9.35. The molecule has 0 heterocycles. The smallest absolute Gasteiger partial charge is 0.314 e. The molecule has 3 heteroatoms. The first kappa shape index (κ1) is 11.1. The summed E-state index contributed by atoms with van der Waals surface area (Å²) < 4.78 is 13.5. The Balaban J connectivity index is 2.47. The van der Waals surface area contributed by atoms with Crippen LogP contribution in [-0.2, 0) is 10.2 Å². The number of aliphatic carboxylic acids is 1. The van der Waals surface area contributed by atoms with E-state index in [1.165, 1.54) is 6.07 Å². The molecule has 1 aromatic carbocycles. The second-order valence-electron chi connectivity index (χ2n) is 4.56. The number of rotatable bonds is 2. The van der Waals surface area contributed by atoms with Crippen LogP contribution in [0.4, 0.5) is 4.39 Å². The zero-order chi connectivity index (χ0) is 11.8. The monoisotopic (exact) mass is 222 g/mol. The van der Waals surface area contributed by atoms with E-state index in [0.717, 1.165) is 12.8 Å². The van der Waals surface area contributed by atoms with Crippen LogP contribution in [-0.4, -0.2) is 11.1 Å². The summed E-state index contributed by atoms with van der Waals surface area (Å²) >= 11 is 0. The van der Waals surface area contributed by atoms with Crippen LogP contribution >= 0.6 is 0 Å². The van der Waals surface area contributed by atoms with Gasteiger partial charge in [-0.15, -0.1) is 0 Å². The van der Waals surface area contributed by atoms with E-state index < -0.39 is 11.4 Å². The van der Waals surface area contributed by atoms with Crippen molar-refractivity contribution in [1.29, 1.82) is 0 Å². The van der Waals surface area contributed by atoms with E-state index in [9.17, 15) is 14.3 Å². The quantitative estimate of drug-likeness (QED) is 0.835. The zero-order valence-corrected chi connectivity index (χ0v) is 9.29. The third-order valence-electron chi connectivity index (χ3n) is 3.59. The van der Waals surface area contributed by atoms with Crippen LogP contribution in [0, 0.1) is 12.7 Å². The standard InChI is InChI=1S/C13H15FO2/c1-9-4-5-10(8-11(9)14)13(12(15)16)6-2-3-7-13/h4-5,8H,2-3,6-7H2,1H3,(H,15,16). The Morgan fingerprint density at radius 2 is 2.00 bits per heavy atom. The predicted octanol–water partition coefficient (Wildman–Crippen LogP) is 3.03. The molecular formula is C13H15FO2. The molecule has 1 aliphatic rings. The molecule has 1 aromatic rings. The van der Waals surface area contributed by atoms with E-state index >= 15 is 0 Å². The highest BCUT2D eigenvalue weighted by molar-refractivity contribution is 5.81. The number of carbonyl (C=O) groups is 1. The number of carboxylic acids is 1. The summed E-state index contributed by atoms with van der Waals surface area (Å²) in [5.41, 5.74) is 0.317. The Kier molecular flexibility index (Phi) is 2.70. The second kappa shape index (κ2) is 3.89. The number of carboxylic acid groups (broad SMARTS) is 1. The van der Waals surface area contributed by atoms with Crippen molar-refractivity contribution in [2.24, 2.45) is 0 Å². The fourth-order valence-corrected chi connectivity index (χ4v) is 2.50. The molecule has 0 atom stereocenters. The van der Waals surface area contributed by atoms with Crippen LogP contribution in [0.1, 0.15) is 36.8 Å². The van der Waals surface area contributed by atoms with Crippen LogP contribution in [0.15, 0.2) is 18.2 Å². The summed E-state index contributed by atoms with van der Waals surface area (Å²) in [6.45, 7) is 1.68. The van der Waals surface area contributed by atoms with E-state index in [1.54, 1.807) is 19.1 Å². The lowest BCUT2D eigenvalue weighted by Gasteiger charge is -2.24. The third-order valence-corrected chi connectivity index (χ3v) is 3.59. The highest BCUT2D eigenvalue weighted by atomic mass is 19.1. The molecule has 0 saturated heterocycles. The summed E-state index contributed by atoms with van der Waals surface area (Å²) in [6, 6.07) is 4.79. The van der Waals surface area contributed by atoms with Gasteiger partial charge in [0, 0.05) is 0 Å². The molecular weight excluding hydrogens is 207 g/mol. The molecule has 1 fully saturated rings. The molecule has 16 heavy (non-hydrogen) atoms. The second-order valence-corrected chi connectivity index (χ2v) is 4.56. The molecule has 0 amide bonds. The van der Waals surface area contributed by atoms with Crippen LogP contribution < -0.4 is 0 Å². The van der Waals surface area contributed by atoms with Crippen molar-refractivity contribution in [3.63, 3.8) is 0 Å². The van der Waals surface area contributed by atoms with Gasteiger partial charge < -0.3 is 5.11 Å². The number of benzene rings is 1. The topological polar surface area (TPSA) is 37.3 Å². The number of aryl methyl sites for hydroxylation is 1. The van der Waals surface area contributed by atoms with Crippen molar-refractivity contribution < 1.29 is 14.3 Å². The molecule has 0 aromatic heterocycles. The fraction of sp³-hybridized carbons (Fsp3) is 0.462. The molecule has 0 spiro atoms. The van der Waals surface area contributed by atoms with Crippen molar-refractivity contribution in [3.05, 3.63) is 35.1 Å². The van der Waals surface area contributed by atoms with Gasteiger partial charge in [-0.3, -0.25) is 4.79 Å². The lowest BCUT2D eigenvalue weighted by molar-refractivity contribution is -0.143. The fourth-order valence-electron chi connectivity index (χ4n) is 2.50. The molecule has 1 N–H and O–H groups in total. The molecule has 0 unspecified atom stereocenters. The molecule has 86 valence electrons. The Labute approximate surface area is 94.1 Å². The lowest BCUT2D eigenvalue weighted by atomic mass is 9.79. The van der Waals surface area contributed by atoms with E-state index in [2.05, 4.69) is 0 Å². The molecule has 0 aliphatic heterocycles. The predicted molar refractivity (Wildman–Crippen MR) is 58.9 cm³/mol. The van der Waals surface area contributed by atoms with Crippen LogP contribution in [0.25, 0.3) is 0 Å². The Morgan fingerprint density at radius 1 is 1.38 bits per heavy atom. The van der Waals surface area contributed by atoms with Crippen LogP contribution in [0.3, 0.4) is 0 Å². The van der Waals surface area contributed by atoms with Crippen molar-refractivity contribution >= 4 is 5.97 Å². The van der Waals surface area contributed by atoms with Gasteiger partial charge in [-0.2, -0.15) is 0 Å². The van der Waals surface area contributed by atoms with Crippen LogP contribution in [0.5, 0.6) is 0 Å². The van der Waals surface area contributed by atoms with Crippen molar-refractivity contribution in [2.75, 3.05) is 0 Å².